The Morgan fingerprint density at radius 1 is 1.47 bits per heavy atom. The molecule has 17 heavy (non-hydrogen) atoms. The van der Waals surface area contributed by atoms with E-state index in [4.69, 9.17) is 11.6 Å². The second kappa shape index (κ2) is 5.87. The Hall–Kier alpha value is -0.540. The van der Waals surface area contributed by atoms with Crippen LogP contribution in [0.5, 0.6) is 0 Å². The average Bonchev–Trinajstić information content (AvgIpc) is 2.69. The van der Waals surface area contributed by atoms with Crippen LogP contribution in [0.25, 0.3) is 0 Å². The monoisotopic (exact) mass is 255 g/mol. The Morgan fingerprint density at radius 3 is 2.82 bits per heavy atom. The van der Waals surface area contributed by atoms with Crippen molar-refractivity contribution in [3.63, 3.8) is 0 Å². The second-order valence-electron chi connectivity index (χ2n) is 4.86. The molecule has 4 heteroatoms. The van der Waals surface area contributed by atoms with Gasteiger partial charge in [-0.05, 0) is 44.7 Å². The predicted molar refractivity (Wildman–Crippen MR) is 71.4 cm³/mol. The standard InChI is InChI=1S/C13H22ClN3/c1-3-12-7-13(17(4-2)16-12)9-15-8-10-5-11(14)6-10/h7,10-11,15H,3-6,8-9H2,1-2H3. The summed E-state index contributed by atoms with van der Waals surface area (Å²) in [7, 11) is 0. The van der Waals surface area contributed by atoms with Gasteiger partial charge in [-0.25, -0.2) is 0 Å². The van der Waals surface area contributed by atoms with Gasteiger partial charge in [0.05, 0.1) is 11.4 Å². The van der Waals surface area contributed by atoms with E-state index in [1.165, 1.54) is 24.2 Å². The van der Waals surface area contributed by atoms with Crippen molar-refractivity contribution in [1.82, 2.24) is 15.1 Å². The maximum Gasteiger partial charge on any atom is 0.0625 e. The number of nitrogens with zero attached hydrogens (tertiary/aromatic N) is 2. The van der Waals surface area contributed by atoms with Crippen molar-refractivity contribution in [1.29, 1.82) is 0 Å². The van der Waals surface area contributed by atoms with Gasteiger partial charge in [-0.2, -0.15) is 5.10 Å². The molecule has 96 valence electrons. The first-order chi connectivity index (χ1) is 8.22. The summed E-state index contributed by atoms with van der Waals surface area (Å²) in [6.45, 7) is 7.24. The number of hydrogen-bond donors (Lipinski definition) is 1. The molecule has 0 unspecified atom stereocenters. The molecule has 0 bridgehead atoms. The van der Waals surface area contributed by atoms with Crippen molar-refractivity contribution in [2.24, 2.45) is 5.92 Å². The predicted octanol–water partition coefficient (Wildman–Crippen LogP) is 2.57. The number of hydrogen-bond acceptors (Lipinski definition) is 2. The molecular formula is C13H22ClN3. The Kier molecular flexibility index (Phi) is 4.46. The highest BCUT2D eigenvalue weighted by Gasteiger charge is 2.26. The summed E-state index contributed by atoms with van der Waals surface area (Å²) in [5.74, 6) is 0.779. The molecule has 1 aromatic heterocycles. The molecule has 0 aromatic carbocycles. The van der Waals surface area contributed by atoms with Gasteiger partial charge in [0.25, 0.3) is 0 Å². The fraction of sp³-hybridized carbons (Fsp3) is 0.769. The normalized spacial score (nSPS) is 23.7. The molecule has 1 N–H and O–H groups in total. The number of aryl methyl sites for hydroxylation is 2. The van der Waals surface area contributed by atoms with Gasteiger partial charge in [-0.3, -0.25) is 4.68 Å². The van der Waals surface area contributed by atoms with Crippen LogP contribution in [-0.4, -0.2) is 21.7 Å². The van der Waals surface area contributed by atoms with Gasteiger partial charge in [-0.1, -0.05) is 6.92 Å². The SMILES string of the molecule is CCc1cc(CNCC2CC(Cl)C2)n(CC)n1. The van der Waals surface area contributed by atoms with Gasteiger partial charge in [0.15, 0.2) is 0 Å². The van der Waals surface area contributed by atoms with E-state index in [-0.39, 0.29) is 0 Å². The third kappa shape index (κ3) is 3.23. The van der Waals surface area contributed by atoms with Crippen LogP contribution in [0.1, 0.15) is 38.1 Å². The number of aromatic nitrogens is 2. The molecule has 0 saturated heterocycles. The highest BCUT2D eigenvalue weighted by atomic mass is 35.5. The lowest BCUT2D eigenvalue weighted by Crippen LogP contribution is -2.33. The van der Waals surface area contributed by atoms with Crippen molar-refractivity contribution in [3.8, 4) is 0 Å². The van der Waals surface area contributed by atoms with Gasteiger partial charge < -0.3 is 5.32 Å². The number of halogens is 1. The highest BCUT2D eigenvalue weighted by molar-refractivity contribution is 6.21. The van der Waals surface area contributed by atoms with Crippen LogP contribution >= 0.6 is 11.6 Å². The number of rotatable bonds is 6. The van der Waals surface area contributed by atoms with Gasteiger partial charge in [0, 0.05) is 18.5 Å². The summed E-state index contributed by atoms with van der Waals surface area (Å²) < 4.78 is 2.09. The minimum atomic E-state index is 0.426. The molecule has 1 heterocycles. The van der Waals surface area contributed by atoms with Crippen molar-refractivity contribution >= 4 is 11.6 Å². The fourth-order valence-corrected chi connectivity index (χ4v) is 2.83. The largest absolute Gasteiger partial charge is 0.311 e. The van der Waals surface area contributed by atoms with Gasteiger partial charge >= 0.3 is 0 Å². The van der Waals surface area contributed by atoms with Crippen LogP contribution in [0.2, 0.25) is 0 Å². The van der Waals surface area contributed by atoms with E-state index >= 15 is 0 Å². The van der Waals surface area contributed by atoms with Crippen molar-refractivity contribution in [2.45, 2.75) is 51.6 Å². The van der Waals surface area contributed by atoms with Crippen LogP contribution in [-0.2, 0) is 19.5 Å². The molecule has 1 fully saturated rings. The van der Waals surface area contributed by atoms with E-state index in [9.17, 15) is 0 Å². The summed E-state index contributed by atoms with van der Waals surface area (Å²) >= 11 is 5.97. The first kappa shape index (κ1) is 12.9. The Balaban J connectivity index is 1.79. The summed E-state index contributed by atoms with van der Waals surface area (Å²) in [6.07, 6.45) is 3.35. The molecule has 0 atom stereocenters. The molecule has 0 spiro atoms. The lowest BCUT2D eigenvalue weighted by Gasteiger charge is -2.30. The Morgan fingerprint density at radius 2 is 2.24 bits per heavy atom. The van der Waals surface area contributed by atoms with Gasteiger partial charge in [-0.15, -0.1) is 11.6 Å². The van der Waals surface area contributed by atoms with E-state index in [0.29, 0.717) is 5.38 Å². The molecule has 1 aliphatic rings. The second-order valence-corrected chi connectivity index (χ2v) is 5.48. The molecule has 1 saturated carbocycles. The minimum absolute atomic E-state index is 0.426. The van der Waals surface area contributed by atoms with Crippen LogP contribution in [0.3, 0.4) is 0 Å². The summed E-state index contributed by atoms with van der Waals surface area (Å²) in [5, 5.41) is 8.49. The smallest absolute Gasteiger partial charge is 0.0625 e. The van der Waals surface area contributed by atoms with Crippen LogP contribution in [0, 0.1) is 5.92 Å². The summed E-state index contributed by atoms with van der Waals surface area (Å²) in [6, 6.07) is 2.21. The molecule has 1 aliphatic carbocycles. The Bertz CT molecular complexity index is 356. The van der Waals surface area contributed by atoms with Gasteiger partial charge in [0.2, 0.25) is 0 Å². The zero-order valence-corrected chi connectivity index (χ0v) is 11.5. The van der Waals surface area contributed by atoms with E-state index in [1.54, 1.807) is 0 Å². The molecule has 0 amide bonds. The minimum Gasteiger partial charge on any atom is -0.311 e. The zero-order valence-electron chi connectivity index (χ0n) is 10.7. The van der Waals surface area contributed by atoms with Gasteiger partial charge in [0.1, 0.15) is 0 Å². The maximum atomic E-state index is 5.97. The van der Waals surface area contributed by atoms with Crippen molar-refractivity contribution < 1.29 is 0 Å². The lowest BCUT2D eigenvalue weighted by atomic mass is 9.85. The topological polar surface area (TPSA) is 29.9 Å². The molecule has 3 nitrogen and oxygen atoms in total. The Labute approximate surface area is 109 Å². The summed E-state index contributed by atoms with van der Waals surface area (Å²) in [5.41, 5.74) is 2.49. The average molecular weight is 256 g/mol. The molecular weight excluding hydrogens is 234 g/mol. The number of alkyl halides is 1. The zero-order chi connectivity index (χ0) is 12.3. The molecule has 1 aromatic rings. The van der Waals surface area contributed by atoms with E-state index in [2.05, 4.69) is 35.0 Å². The summed E-state index contributed by atoms with van der Waals surface area (Å²) in [4.78, 5) is 0. The molecule has 2 rings (SSSR count). The third-order valence-corrected chi connectivity index (χ3v) is 3.85. The highest BCUT2D eigenvalue weighted by Crippen LogP contribution is 2.31. The molecule has 0 radical (unpaired) electrons. The third-order valence-electron chi connectivity index (χ3n) is 3.49. The first-order valence-electron chi connectivity index (χ1n) is 6.63. The van der Waals surface area contributed by atoms with Crippen LogP contribution in [0.15, 0.2) is 6.07 Å². The van der Waals surface area contributed by atoms with Crippen LogP contribution < -0.4 is 5.32 Å². The van der Waals surface area contributed by atoms with E-state index in [0.717, 1.165) is 32.0 Å². The fourth-order valence-electron chi connectivity index (χ4n) is 2.33. The van der Waals surface area contributed by atoms with E-state index in [1.807, 2.05) is 0 Å². The van der Waals surface area contributed by atoms with Crippen LogP contribution in [0.4, 0.5) is 0 Å². The number of nitrogens with one attached hydrogen (secondary N) is 1. The van der Waals surface area contributed by atoms with E-state index < -0.39 is 0 Å². The molecule has 0 aliphatic heterocycles. The van der Waals surface area contributed by atoms with Crippen molar-refractivity contribution in [3.05, 3.63) is 17.5 Å². The lowest BCUT2D eigenvalue weighted by molar-refractivity contribution is 0.307. The quantitative estimate of drug-likeness (QED) is 0.792. The first-order valence-corrected chi connectivity index (χ1v) is 7.07. The van der Waals surface area contributed by atoms with Crippen molar-refractivity contribution in [2.75, 3.05) is 6.54 Å². The maximum absolute atomic E-state index is 5.97.